The molecule has 100 valence electrons. The molecule has 0 amide bonds. The second-order valence-corrected chi connectivity index (χ2v) is 3.84. The summed E-state index contributed by atoms with van der Waals surface area (Å²) in [5.41, 5.74) is 0.578. The van der Waals surface area contributed by atoms with Gasteiger partial charge >= 0.3 is 5.97 Å². The quantitative estimate of drug-likeness (QED) is 0.597. The minimum absolute atomic E-state index is 0.0243. The number of benzene rings is 1. The van der Waals surface area contributed by atoms with Crippen LogP contribution in [0.1, 0.15) is 17.3 Å². The maximum Gasteiger partial charge on any atom is 0.330 e. The summed E-state index contributed by atoms with van der Waals surface area (Å²) in [6.45, 7) is 2.42. The fourth-order valence-electron chi connectivity index (χ4n) is 1.64. The van der Waals surface area contributed by atoms with Crippen LogP contribution >= 0.6 is 0 Å². The zero-order valence-electron chi connectivity index (χ0n) is 10.5. The van der Waals surface area contributed by atoms with Gasteiger partial charge in [-0.25, -0.2) is 4.79 Å². The minimum Gasteiger partial charge on any atom is -0.489 e. The van der Waals surface area contributed by atoms with E-state index < -0.39 is 5.97 Å². The van der Waals surface area contributed by atoms with E-state index >= 15 is 0 Å². The van der Waals surface area contributed by atoms with Crippen LogP contribution in [0.15, 0.2) is 30.4 Å². The monoisotopic (exact) mass is 262 g/mol. The van der Waals surface area contributed by atoms with Gasteiger partial charge in [-0.15, -0.1) is 0 Å². The Bertz CT molecular complexity index is 519. The van der Waals surface area contributed by atoms with Gasteiger partial charge in [0.25, 0.3) is 0 Å². The molecule has 0 aliphatic carbocycles. The molecule has 0 atom stereocenters. The number of carbonyl (C=O) groups is 2. The second-order valence-electron chi connectivity index (χ2n) is 3.84. The molecule has 1 aliphatic rings. The van der Waals surface area contributed by atoms with E-state index in [1.54, 1.807) is 31.2 Å². The molecule has 2 rings (SSSR count). The smallest absolute Gasteiger partial charge is 0.330 e. The van der Waals surface area contributed by atoms with E-state index in [9.17, 15) is 9.59 Å². The van der Waals surface area contributed by atoms with Crippen molar-refractivity contribution in [2.24, 2.45) is 0 Å². The molecule has 0 fully saturated rings. The first-order valence-corrected chi connectivity index (χ1v) is 5.97. The van der Waals surface area contributed by atoms with Crippen LogP contribution in [-0.4, -0.2) is 31.6 Å². The van der Waals surface area contributed by atoms with Gasteiger partial charge in [0, 0.05) is 12.1 Å². The highest BCUT2D eigenvalue weighted by atomic mass is 16.5. The lowest BCUT2D eigenvalue weighted by atomic mass is 10.1. The molecule has 0 bridgehead atoms. The Morgan fingerprint density at radius 3 is 3.11 bits per heavy atom. The van der Waals surface area contributed by atoms with E-state index in [1.807, 2.05) is 0 Å². The molecular formula is C14H14O5. The van der Waals surface area contributed by atoms with Crippen molar-refractivity contribution >= 4 is 11.8 Å². The van der Waals surface area contributed by atoms with E-state index in [0.29, 0.717) is 23.7 Å². The van der Waals surface area contributed by atoms with Crippen LogP contribution in [0.2, 0.25) is 0 Å². The van der Waals surface area contributed by atoms with Gasteiger partial charge in [-0.3, -0.25) is 4.79 Å². The van der Waals surface area contributed by atoms with Gasteiger partial charge in [0.2, 0.25) is 5.78 Å². The van der Waals surface area contributed by atoms with Crippen molar-refractivity contribution in [1.82, 2.24) is 0 Å². The predicted octanol–water partition coefficient (Wildman–Crippen LogP) is 1.76. The number of hydrogen-bond donors (Lipinski definition) is 0. The summed E-state index contributed by atoms with van der Waals surface area (Å²) in [5, 5.41) is 0. The number of rotatable bonds is 5. The first kappa shape index (κ1) is 13.1. The van der Waals surface area contributed by atoms with Gasteiger partial charge in [0.05, 0.1) is 12.2 Å². The molecule has 0 saturated heterocycles. The SMILES string of the molecule is CCOC(=O)/C=C/COc1ccc2c(c1)OCC2=O. The topological polar surface area (TPSA) is 61.8 Å². The van der Waals surface area contributed by atoms with Crippen molar-refractivity contribution in [2.45, 2.75) is 6.92 Å². The lowest BCUT2D eigenvalue weighted by Crippen LogP contribution is -2.01. The summed E-state index contributed by atoms with van der Waals surface area (Å²) < 4.78 is 15.3. The Morgan fingerprint density at radius 2 is 2.32 bits per heavy atom. The number of carbonyl (C=O) groups excluding carboxylic acids is 2. The zero-order valence-corrected chi connectivity index (χ0v) is 10.5. The Kier molecular flexibility index (Phi) is 4.18. The molecule has 5 nitrogen and oxygen atoms in total. The van der Waals surface area contributed by atoms with E-state index in [0.717, 1.165) is 0 Å². The van der Waals surface area contributed by atoms with Crippen molar-refractivity contribution in [1.29, 1.82) is 0 Å². The molecule has 0 radical (unpaired) electrons. The van der Waals surface area contributed by atoms with Crippen molar-refractivity contribution in [2.75, 3.05) is 19.8 Å². The van der Waals surface area contributed by atoms with E-state index in [2.05, 4.69) is 0 Å². The molecule has 0 N–H and O–H groups in total. The fourth-order valence-corrected chi connectivity index (χ4v) is 1.64. The third kappa shape index (κ3) is 3.34. The van der Waals surface area contributed by atoms with Crippen LogP contribution < -0.4 is 9.47 Å². The van der Waals surface area contributed by atoms with Gasteiger partial charge in [-0.1, -0.05) is 0 Å². The minimum atomic E-state index is -0.394. The third-order valence-corrected chi connectivity index (χ3v) is 2.50. The largest absolute Gasteiger partial charge is 0.489 e. The molecular weight excluding hydrogens is 248 g/mol. The molecule has 1 aromatic rings. The summed E-state index contributed by atoms with van der Waals surface area (Å²) in [6.07, 6.45) is 2.88. The highest BCUT2D eigenvalue weighted by Gasteiger charge is 2.21. The molecule has 19 heavy (non-hydrogen) atoms. The highest BCUT2D eigenvalue weighted by Crippen LogP contribution is 2.29. The van der Waals surface area contributed by atoms with Gasteiger partial charge < -0.3 is 14.2 Å². The van der Waals surface area contributed by atoms with Gasteiger partial charge in [0.15, 0.2) is 6.61 Å². The maximum atomic E-state index is 11.3. The van der Waals surface area contributed by atoms with Crippen LogP contribution in [0.25, 0.3) is 0 Å². The first-order chi connectivity index (χ1) is 9.20. The van der Waals surface area contributed by atoms with Gasteiger partial charge in [-0.2, -0.15) is 0 Å². The van der Waals surface area contributed by atoms with Crippen LogP contribution in [-0.2, 0) is 9.53 Å². The number of ketones is 1. The lowest BCUT2D eigenvalue weighted by Gasteiger charge is -2.04. The molecule has 0 aromatic heterocycles. The van der Waals surface area contributed by atoms with Crippen LogP contribution in [0.3, 0.4) is 0 Å². The summed E-state index contributed by atoms with van der Waals surface area (Å²) in [7, 11) is 0. The molecule has 0 unspecified atom stereocenters. The summed E-state index contributed by atoms with van der Waals surface area (Å²) in [5.74, 6) is 0.705. The summed E-state index contributed by atoms with van der Waals surface area (Å²) in [6, 6.07) is 5.04. The Labute approximate surface area is 110 Å². The van der Waals surface area contributed by atoms with Crippen molar-refractivity contribution in [3.05, 3.63) is 35.9 Å². The average Bonchev–Trinajstić information content (AvgIpc) is 2.76. The zero-order chi connectivity index (χ0) is 13.7. The third-order valence-electron chi connectivity index (χ3n) is 2.50. The number of ether oxygens (including phenoxy) is 3. The van der Waals surface area contributed by atoms with Crippen LogP contribution in [0.5, 0.6) is 11.5 Å². The second kappa shape index (κ2) is 6.04. The molecule has 1 aromatic carbocycles. The normalized spacial score (nSPS) is 13.2. The molecule has 1 aliphatic heterocycles. The number of fused-ring (bicyclic) bond motifs is 1. The van der Waals surface area contributed by atoms with Gasteiger partial charge in [-0.05, 0) is 25.1 Å². The number of hydrogen-bond acceptors (Lipinski definition) is 5. The standard InChI is InChI=1S/C14H14O5/c1-2-17-14(16)4-3-7-18-10-5-6-11-12(15)9-19-13(11)8-10/h3-6,8H,2,7,9H2,1H3/b4-3+. The summed E-state index contributed by atoms with van der Waals surface area (Å²) in [4.78, 5) is 22.4. The van der Waals surface area contributed by atoms with E-state index in [-0.39, 0.29) is 19.0 Å². The predicted molar refractivity (Wildman–Crippen MR) is 67.5 cm³/mol. The highest BCUT2D eigenvalue weighted by molar-refractivity contribution is 6.02. The Morgan fingerprint density at radius 1 is 1.47 bits per heavy atom. The molecule has 0 saturated carbocycles. The van der Waals surface area contributed by atoms with E-state index in [4.69, 9.17) is 14.2 Å². The van der Waals surface area contributed by atoms with Crippen molar-refractivity contribution in [3.63, 3.8) is 0 Å². The van der Waals surface area contributed by atoms with Gasteiger partial charge in [0.1, 0.15) is 18.1 Å². The fraction of sp³-hybridized carbons (Fsp3) is 0.286. The van der Waals surface area contributed by atoms with Crippen LogP contribution in [0, 0.1) is 0 Å². The molecule has 0 spiro atoms. The Balaban J connectivity index is 1.87. The Hall–Kier alpha value is -2.30. The average molecular weight is 262 g/mol. The van der Waals surface area contributed by atoms with Crippen molar-refractivity contribution < 1.29 is 23.8 Å². The summed E-state index contributed by atoms with van der Waals surface area (Å²) >= 11 is 0. The number of Topliss-reactive ketones (excluding diaryl/α,β-unsaturated/α-hetero) is 1. The molecule has 5 heteroatoms. The maximum absolute atomic E-state index is 11.3. The van der Waals surface area contributed by atoms with Crippen molar-refractivity contribution in [3.8, 4) is 11.5 Å². The van der Waals surface area contributed by atoms with Crippen LogP contribution in [0.4, 0.5) is 0 Å². The lowest BCUT2D eigenvalue weighted by molar-refractivity contribution is -0.137. The van der Waals surface area contributed by atoms with E-state index in [1.165, 1.54) is 6.08 Å². The number of esters is 1. The first-order valence-electron chi connectivity index (χ1n) is 5.97. The molecule has 1 heterocycles.